The van der Waals surface area contributed by atoms with Crippen molar-refractivity contribution < 1.29 is 9.53 Å². The Hall–Kier alpha value is -1.45. The van der Waals surface area contributed by atoms with Gasteiger partial charge < -0.3 is 10.1 Å². The van der Waals surface area contributed by atoms with E-state index in [2.05, 4.69) is 16.4 Å². The highest BCUT2D eigenvalue weighted by molar-refractivity contribution is 7.09. The summed E-state index contributed by atoms with van der Waals surface area (Å²) in [7, 11) is 0. The van der Waals surface area contributed by atoms with Crippen LogP contribution in [0.2, 0.25) is 0 Å². The Morgan fingerprint density at radius 1 is 1.67 bits per heavy atom. The van der Waals surface area contributed by atoms with Crippen molar-refractivity contribution in [1.29, 1.82) is 5.26 Å². The highest BCUT2D eigenvalue weighted by Crippen LogP contribution is 2.30. The molecule has 6 heteroatoms. The Balaban J connectivity index is 1.99. The lowest BCUT2D eigenvalue weighted by Gasteiger charge is -2.29. The summed E-state index contributed by atoms with van der Waals surface area (Å²) in [4.78, 5) is 17.3. The molecule has 1 saturated heterocycles. The summed E-state index contributed by atoms with van der Waals surface area (Å²) in [6.45, 7) is 3.30. The monoisotopic (exact) mass is 265 g/mol. The Bertz CT molecular complexity index is 472. The fourth-order valence-electron chi connectivity index (χ4n) is 1.94. The van der Waals surface area contributed by atoms with Gasteiger partial charge in [0, 0.05) is 18.1 Å². The topological polar surface area (TPSA) is 75.0 Å². The summed E-state index contributed by atoms with van der Waals surface area (Å²) < 4.78 is 5.21. The van der Waals surface area contributed by atoms with Crippen LogP contribution in [0.5, 0.6) is 0 Å². The molecule has 0 unspecified atom stereocenters. The second-order valence-electron chi connectivity index (χ2n) is 4.35. The molecule has 96 valence electrons. The molecule has 1 fully saturated rings. The third kappa shape index (κ3) is 2.52. The summed E-state index contributed by atoms with van der Waals surface area (Å²) >= 11 is 1.51. The second kappa shape index (κ2) is 5.46. The van der Waals surface area contributed by atoms with Crippen LogP contribution >= 0.6 is 11.3 Å². The largest absolute Gasteiger partial charge is 0.381 e. The number of ether oxygens (including phenoxy) is 1. The number of hydrogen-bond donors (Lipinski definition) is 1. The van der Waals surface area contributed by atoms with E-state index >= 15 is 0 Å². The molecule has 2 heterocycles. The van der Waals surface area contributed by atoms with Crippen LogP contribution in [-0.4, -0.2) is 24.1 Å². The number of thiazole rings is 1. The average Bonchev–Trinajstić information content (AvgIpc) is 2.82. The van der Waals surface area contributed by atoms with E-state index in [1.807, 2.05) is 6.92 Å². The minimum atomic E-state index is -0.920. The van der Waals surface area contributed by atoms with Gasteiger partial charge in [-0.3, -0.25) is 4.79 Å². The van der Waals surface area contributed by atoms with E-state index in [9.17, 15) is 10.1 Å². The number of carbonyl (C=O) groups is 1. The molecular weight excluding hydrogens is 250 g/mol. The zero-order chi connectivity index (χ0) is 13.0. The number of aryl methyl sites for hydroxylation is 1. The van der Waals surface area contributed by atoms with Crippen molar-refractivity contribution in [1.82, 2.24) is 10.3 Å². The number of amides is 1. The van der Waals surface area contributed by atoms with Gasteiger partial charge in [0.05, 0.1) is 23.8 Å². The lowest BCUT2D eigenvalue weighted by atomic mass is 9.81. The van der Waals surface area contributed by atoms with Gasteiger partial charge in [0.1, 0.15) is 5.41 Å². The predicted octanol–water partition coefficient (Wildman–Crippen LogP) is 1.39. The quantitative estimate of drug-likeness (QED) is 0.896. The van der Waals surface area contributed by atoms with Gasteiger partial charge in [0.2, 0.25) is 5.91 Å². The first-order chi connectivity index (χ1) is 8.68. The van der Waals surface area contributed by atoms with Crippen molar-refractivity contribution in [3.63, 3.8) is 0 Å². The Morgan fingerprint density at radius 3 is 2.94 bits per heavy atom. The molecule has 0 atom stereocenters. The van der Waals surface area contributed by atoms with Gasteiger partial charge in [-0.05, 0) is 19.8 Å². The predicted molar refractivity (Wildman–Crippen MR) is 66.8 cm³/mol. The van der Waals surface area contributed by atoms with E-state index in [4.69, 9.17) is 4.74 Å². The second-order valence-corrected chi connectivity index (χ2v) is 5.29. The minimum Gasteiger partial charge on any atom is -0.381 e. The van der Waals surface area contributed by atoms with Gasteiger partial charge in [0.25, 0.3) is 0 Å². The third-order valence-corrected chi connectivity index (χ3v) is 4.18. The van der Waals surface area contributed by atoms with Crippen molar-refractivity contribution in [2.45, 2.75) is 26.3 Å². The van der Waals surface area contributed by atoms with Crippen LogP contribution < -0.4 is 5.32 Å². The van der Waals surface area contributed by atoms with Crippen molar-refractivity contribution in [2.24, 2.45) is 5.41 Å². The first-order valence-corrected chi connectivity index (χ1v) is 6.72. The first kappa shape index (κ1) is 13.0. The molecule has 18 heavy (non-hydrogen) atoms. The molecule has 0 aromatic carbocycles. The fraction of sp³-hybridized carbons (Fsp3) is 0.583. The van der Waals surface area contributed by atoms with Crippen LogP contribution in [0.3, 0.4) is 0 Å². The van der Waals surface area contributed by atoms with E-state index in [1.54, 1.807) is 5.51 Å². The molecule has 2 rings (SSSR count). The maximum absolute atomic E-state index is 12.2. The Kier molecular flexibility index (Phi) is 3.94. The normalized spacial score (nSPS) is 18.0. The summed E-state index contributed by atoms with van der Waals surface area (Å²) in [6.07, 6.45) is 0.939. The molecule has 0 bridgehead atoms. The maximum Gasteiger partial charge on any atom is 0.240 e. The SMILES string of the molecule is Cc1ncsc1CNC(=O)C1(C#N)CCOCC1. The molecule has 1 amide bonds. The average molecular weight is 265 g/mol. The van der Waals surface area contributed by atoms with E-state index in [1.165, 1.54) is 11.3 Å². The van der Waals surface area contributed by atoms with E-state index in [0.29, 0.717) is 32.6 Å². The lowest BCUT2D eigenvalue weighted by Crippen LogP contribution is -2.43. The van der Waals surface area contributed by atoms with Crippen LogP contribution in [0.1, 0.15) is 23.4 Å². The van der Waals surface area contributed by atoms with Crippen molar-refractivity contribution >= 4 is 17.2 Å². The van der Waals surface area contributed by atoms with Crippen LogP contribution in [0.15, 0.2) is 5.51 Å². The van der Waals surface area contributed by atoms with Gasteiger partial charge in [-0.25, -0.2) is 4.98 Å². The van der Waals surface area contributed by atoms with Gasteiger partial charge in [-0.1, -0.05) is 0 Å². The molecule has 1 aromatic heterocycles. The van der Waals surface area contributed by atoms with Crippen molar-refractivity contribution in [2.75, 3.05) is 13.2 Å². The molecule has 5 nitrogen and oxygen atoms in total. The smallest absolute Gasteiger partial charge is 0.240 e. The summed E-state index contributed by atoms with van der Waals surface area (Å²) in [5, 5.41) is 12.1. The van der Waals surface area contributed by atoms with Crippen molar-refractivity contribution in [3.8, 4) is 6.07 Å². The first-order valence-electron chi connectivity index (χ1n) is 5.84. The number of carbonyl (C=O) groups excluding carboxylic acids is 1. The molecule has 1 aliphatic heterocycles. The van der Waals surface area contributed by atoms with Gasteiger partial charge in [-0.2, -0.15) is 5.26 Å². The van der Waals surface area contributed by atoms with Gasteiger partial charge >= 0.3 is 0 Å². The van der Waals surface area contributed by atoms with Crippen LogP contribution in [-0.2, 0) is 16.1 Å². The highest BCUT2D eigenvalue weighted by atomic mass is 32.1. The molecule has 0 spiro atoms. The highest BCUT2D eigenvalue weighted by Gasteiger charge is 2.40. The van der Waals surface area contributed by atoms with E-state index in [-0.39, 0.29) is 5.91 Å². The number of nitriles is 1. The van der Waals surface area contributed by atoms with Crippen LogP contribution in [0.4, 0.5) is 0 Å². The molecule has 1 aliphatic rings. The number of rotatable bonds is 3. The standard InChI is InChI=1S/C12H15N3O2S/c1-9-10(18-8-15-9)6-14-11(16)12(7-13)2-4-17-5-3-12/h8H,2-6H2,1H3,(H,14,16). The van der Waals surface area contributed by atoms with Crippen molar-refractivity contribution in [3.05, 3.63) is 16.1 Å². The Labute approximate surface area is 110 Å². The van der Waals surface area contributed by atoms with Gasteiger partial charge in [-0.15, -0.1) is 11.3 Å². The summed E-state index contributed by atoms with van der Waals surface area (Å²) in [5.41, 5.74) is 1.76. The summed E-state index contributed by atoms with van der Waals surface area (Å²) in [6, 6.07) is 2.16. The molecular formula is C12H15N3O2S. The Morgan fingerprint density at radius 2 is 2.39 bits per heavy atom. The van der Waals surface area contributed by atoms with Gasteiger partial charge in [0.15, 0.2) is 0 Å². The number of hydrogen-bond acceptors (Lipinski definition) is 5. The molecule has 1 aromatic rings. The zero-order valence-electron chi connectivity index (χ0n) is 10.2. The lowest BCUT2D eigenvalue weighted by molar-refractivity contribution is -0.132. The van der Waals surface area contributed by atoms with Crippen LogP contribution in [0.25, 0.3) is 0 Å². The zero-order valence-corrected chi connectivity index (χ0v) is 11.0. The fourth-order valence-corrected chi connectivity index (χ4v) is 2.65. The number of nitrogens with one attached hydrogen (secondary N) is 1. The molecule has 0 aliphatic carbocycles. The minimum absolute atomic E-state index is 0.193. The van der Waals surface area contributed by atoms with Crippen LogP contribution in [0, 0.1) is 23.7 Å². The maximum atomic E-state index is 12.2. The molecule has 0 radical (unpaired) electrons. The van der Waals surface area contributed by atoms with E-state index < -0.39 is 5.41 Å². The summed E-state index contributed by atoms with van der Waals surface area (Å²) in [5.74, 6) is -0.193. The third-order valence-electron chi connectivity index (χ3n) is 3.25. The number of nitrogens with zero attached hydrogens (tertiary/aromatic N) is 2. The molecule has 0 saturated carbocycles. The van der Waals surface area contributed by atoms with E-state index in [0.717, 1.165) is 10.6 Å². The molecule has 1 N–H and O–H groups in total. The number of aromatic nitrogens is 1.